The lowest BCUT2D eigenvalue weighted by molar-refractivity contribution is 0.101. The van der Waals surface area contributed by atoms with Crippen LogP contribution in [0.3, 0.4) is 0 Å². The maximum absolute atomic E-state index is 5.39. The molecule has 1 aromatic heterocycles. The molecule has 0 aromatic carbocycles. The normalized spacial score (nSPS) is 12.9. The Morgan fingerprint density at radius 2 is 2.31 bits per heavy atom. The highest BCUT2D eigenvalue weighted by atomic mass is 35.5. The molecule has 1 heterocycles. The molecule has 0 amide bonds. The van der Waals surface area contributed by atoms with Crippen molar-refractivity contribution in [2.45, 2.75) is 18.2 Å². The zero-order valence-corrected chi connectivity index (χ0v) is 8.33. The zero-order chi connectivity index (χ0) is 9.68. The van der Waals surface area contributed by atoms with Crippen LogP contribution >= 0.6 is 23.2 Å². The van der Waals surface area contributed by atoms with Gasteiger partial charge in [-0.2, -0.15) is 0 Å². The van der Waals surface area contributed by atoms with Crippen molar-refractivity contribution < 1.29 is 4.74 Å². The molecule has 0 fully saturated rings. The number of alkyl halides is 2. The molecule has 1 atom stereocenters. The predicted molar refractivity (Wildman–Crippen MR) is 49.5 cm³/mol. The Kier molecular flexibility index (Phi) is 4.14. The van der Waals surface area contributed by atoms with Crippen molar-refractivity contribution in [2.75, 3.05) is 5.32 Å². The van der Waals surface area contributed by atoms with Gasteiger partial charge in [0, 0.05) is 6.07 Å². The lowest BCUT2D eigenvalue weighted by atomic mass is 10.5. The van der Waals surface area contributed by atoms with E-state index >= 15 is 0 Å². The van der Waals surface area contributed by atoms with Gasteiger partial charge in [0.2, 0.25) is 5.02 Å². The second-order valence-corrected chi connectivity index (χ2v) is 3.21. The Morgan fingerprint density at radius 3 is 2.85 bits per heavy atom. The molecule has 1 rings (SSSR count). The number of nitrogens with one attached hydrogen (secondary N) is 1. The van der Waals surface area contributed by atoms with Crippen LogP contribution in [0, 0.1) is 0 Å². The summed E-state index contributed by atoms with van der Waals surface area (Å²) in [6.07, 6.45) is 1.18. The number of rotatable bonds is 4. The zero-order valence-electron chi connectivity index (χ0n) is 6.82. The highest BCUT2D eigenvalue weighted by Crippen LogP contribution is 2.08. The quantitative estimate of drug-likeness (QED) is 0.617. The summed E-state index contributed by atoms with van der Waals surface area (Å²) in [6.45, 7) is 1.75. The minimum Gasteiger partial charge on any atom is -0.343 e. The Bertz CT molecular complexity index is 246. The summed E-state index contributed by atoms with van der Waals surface area (Å²) >= 11 is 10.8. The van der Waals surface area contributed by atoms with Crippen LogP contribution < -0.4 is 5.32 Å². The van der Waals surface area contributed by atoms with Crippen LogP contribution in [0.15, 0.2) is 12.3 Å². The molecule has 0 saturated heterocycles. The van der Waals surface area contributed by atoms with E-state index in [0.717, 1.165) is 0 Å². The van der Waals surface area contributed by atoms with Crippen LogP contribution in [0.4, 0.5) is 5.82 Å². The van der Waals surface area contributed by atoms with Crippen LogP contribution in [-0.4, -0.2) is 26.7 Å². The van der Waals surface area contributed by atoms with Gasteiger partial charge in [0.15, 0.2) is 5.82 Å². The predicted octanol–water partition coefficient (Wildman–Crippen LogP) is 1.41. The molecule has 0 radical (unpaired) electrons. The van der Waals surface area contributed by atoms with E-state index in [9.17, 15) is 0 Å². The summed E-state index contributed by atoms with van der Waals surface area (Å²) < 4.78 is 4.99. The first-order chi connectivity index (χ1) is 6.18. The third-order valence-corrected chi connectivity index (χ3v) is 1.37. The van der Waals surface area contributed by atoms with Crippen LogP contribution in [0.5, 0.6) is 0 Å². The molecule has 7 heteroatoms. The number of halogens is 2. The number of hydrogen-bond acceptors (Lipinski definition) is 5. The van der Waals surface area contributed by atoms with Gasteiger partial charge in [-0.3, -0.25) is 0 Å². The maximum atomic E-state index is 5.39. The molecule has 5 nitrogen and oxygen atoms in total. The van der Waals surface area contributed by atoms with E-state index in [-0.39, 0.29) is 6.23 Å². The van der Waals surface area contributed by atoms with E-state index in [1.807, 2.05) is 0 Å². The van der Waals surface area contributed by atoms with Crippen molar-refractivity contribution in [3.63, 3.8) is 0 Å². The van der Waals surface area contributed by atoms with Gasteiger partial charge >= 0.3 is 0 Å². The summed E-state index contributed by atoms with van der Waals surface area (Å²) in [4.78, 5) is 0. The van der Waals surface area contributed by atoms with Crippen LogP contribution in [0.2, 0.25) is 0 Å². The highest BCUT2D eigenvalue weighted by Gasteiger charge is 2.07. The van der Waals surface area contributed by atoms with Gasteiger partial charge in [-0.15, -0.1) is 10.2 Å². The molecule has 0 spiro atoms. The summed E-state index contributed by atoms with van der Waals surface area (Å²) in [7, 11) is 0. The first-order valence-electron chi connectivity index (χ1n) is 3.53. The average molecular weight is 223 g/mol. The van der Waals surface area contributed by atoms with Gasteiger partial charge in [0.25, 0.3) is 0 Å². The summed E-state index contributed by atoms with van der Waals surface area (Å²) in [6, 6.07) is 1.66. The lowest BCUT2D eigenvalue weighted by Gasteiger charge is -2.14. The molecule has 13 heavy (non-hydrogen) atoms. The molecule has 0 aliphatic heterocycles. The van der Waals surface area contributed by atoms with Crippen LogP contribution in [0.1, 0.15) is 6.92 Å². The minimum absolute atomic E-state index is 0.336. The fraction of sp³-hybridized carbons (Fsp3) is 0.500. The fourth-order valence-electron chi connectivity index (χ4n) is 0.715. The van der Waals surface area contributed by atoms with E-state index in [1.165, 1.54) is 6.20 Å². The largest absolute Gasteiger partial charge is 0.343 e. The SMILES string of the molecule is CC(Nc1ccnnn1)OC(Cl)Cl. The van der Waals surface area contributed by atoms with E-state index in [1.54, 1.807) is 13.0 Å². The standard InChI is InChI=1S/C6H8Cl2N4O/c1-4(13-6(7)8)10-5-2-3-9-12-11-5/h2-4,6H,1H3,(H,9,10,11). The lowest BCUT2D eigenvalue weighted by Crippen LogP contribution is -2.21. The van der Waals surface area contributed by atoms with E-state index in [0.29, 0.717) is 5.82 Å². The van der Waals surface area contributed by atoms with E-state index in [2.05, 4.69) is 20.7 Å². The smallest absolute Gasteiger partial charge is 0.208 e. The average Bonchev–Trinajstić information content (AvgIpc) is 2.04. The molecule has 1 unspecified atom stereocenters. The molecule has 1 N–H and O–H groups in total. The Labute approximate surface area is 85.4 Å². The monoisotopic (exact) mass is 222 g/mol. The molecular formula is C6H8Cl2N4O. The second kappa shape index (κ2) is 5.16. The van der Waals surface area contributed by atoms with Crippen LogP contribution in [-0.2, 0) is 4.74 Å². The van der Waals surface area contributed by atoms with Gasteiger partial charge in [0.1, 0.15) is 6.23 Å². The van der Waals surface area contributed by atoms with Crippen molar-refractivity contribution in [1.82, 2.24) is 15.4 Å². The molecule has 0 aliphatic carbocycles. The second-order valence-electron chi connectivity index (χ2n) is 2.19. The van der Waals surface area contributed by atoms with Gasteiger partial charge in [-0.25, -0.2) is 0 Å². The number of aromatic nitrogens is 3. The maximum Gasteiger partial charge on any atom is 0.208 e. The van der Waals surface area contributed by atoms with Crippen LogP contribution in [0.25, 0.3) is 0 Å². The Morgan fingerprint density at radius 1 is 1.54 bits per heavy atom. The number of hydrogen-bond donors (Lipinski definition) is 1. The summed E-state index contributed by atoms with van der Waals surface area (Å²) in [5.41, 5.74) is 0. The van der Waals surface area contributed by atoms with Crippen molar-refractivity contribution in [3.05, 3.63) is 12.3 Å². The number of ether oxygens (including phenoxy) is 1. The molecule has 1 aromatic rings. The first kappa shape index (κ1) is 10.4. The fourth-order valence-corrected chi connectivity index (χ4v) is 1.02. The van der Waals surface area contributed by atoms with Crippen molar-refractivity contribution in [2.24, 2.45) is 0 Å². The Hall–Kier alpha value is -0.650. The highest BCUT2D eigenvalue weighted by molar-refractivity contribution is 6.43. The molecule has 0 bridgehead atoms. The van der Waals surface area contributed by atoms with E-state index < -0.39 is 5.02 Å². The molecule has 72 valence electrons. The van der Waals surface area contributed by atoms with Gasteiger partial charge in [-0.05, 0) is 12.1 Å². The number of nitrogens with zero attached hydrogens (tertiary/aromatic N) is 3. The van der Waals surface area contributed by atoms with Gasteiger partial charge in [-0.1, -0.05) is 23.2 Å². The summed E-state index contributed by atoms with van der Waals surface area (Å²) in [5, 5.41) is 12.6. The topological polar surface area (TPSA) is 59.9 Å². The third-order valence-electron chi connectivity index (χ3n) is 1.16. The third kappa shape index (κ3) is 4.21. The minimum atomic E-state index is -0.864. The Balaban J connectivity index is 2.41. The molecular weight excluding hydrogens is 215 g/mol. The molecule has 0 aliphatic rings. The van der Waals surface area contributed by atoms with Crippen molar-refractivity contribution >= 4 is 29.0 Å². The van der Waals surface area contributed by atoms with Gasteiger partial charge in [0.05, 0.1) is 6.20 Å². The summed E-state index contributed by atoms with van der Waals surface area (Å²) in [5.74, 6) is 0.552. The van der Waals surface area contributed by atoms with E-state index in [4.69, 9.17) is 27.9 Å². The number of anilines is 1. The van der Waals surface area contributed by atoms with Gasteiger partial charge < -0.3 is 10.1 Å². The van der Waals surface area contributed by atoms with Crippen molar-refractivity contribution in [1.29, 1.82) is 0 Å². The molecule has 0 saturated carbocycles. The van der Waals surface area contributed by atoms with Crippen molar-refractivity contribution in [3.8, 4) is 0 Å². The first-order valence-corrected chi connectivity index (χ1v) is 4.40.